The van der Waals surface area contributed by atoms with E-state index in [0.29, 0.717) is 11.4 Å². The maximum atomic E-state index is 12.8. The van der Waals surface area contributed by atoms with Gasteiger partial charge in [-0.2, -0.15) is 5.10 Å². The Morgan fingerprint density at radius 3 is 2.52 bits per heavy atom. The molecule has 1 aromatic carbocycles. The first-order valence-electron chi connectivity index (χ1n) is 10.8. The maximum Gasteiger partial charge on any atom is 0.262 e. The topological polar surface area (TPSA) is 66.8 Å². The van der Waals surface area contributed by atoms with Gasteiger partial charge in [0.15, 0.2) is 5.65 Å². The molecule has 5 rings (SSSR count). The van der Waals surface area contributed by atoms with Crippen molar-refractivity contribution in [3.63, 3.8) is 0 Å². The number of benzene rings is 1. The van der Waals surface area contributed by atoms with Crippen molar-refractivity contribution in [2.24, 2.45) is 0 Å². The second-order valence-corrected chi connectivity index (χ2v) is 8.84. The fourth-order valence-corrected chi connectivity index (χ4v) is 4.79. The Bertz CT molecular complexity index is 1120. The van der Waals surface area contributed by atoms with Gasteiger partial charge in [0.2, 0.25) is 0 Å². The molecule has 1 aliphatic carbocycles. The van der Waals surface area contributed by atoms with E-state index < -0.39 is 0 Å². The lowest BCUT2D eigenvalue weighted by Gasteiger charge is -2.40. The summed E-state index contributed by atoms with van der Waals surface area (Å²) in [6, 6.07) is 6.97. The number of aryl methyl sites for hydroxylation is 3. The predicted octanol–water partition coefficient (Wildman–Crippen LogP) is 4.15. The first-order valence-corrected chi connectivity index (χ1v) is 10.8. The van der Waals surface area contributed by atoms with Gasteiger partial charge in [-0.3, -0.25) is 4.79 Å². The van der Waals surface area contributed by atoms with Crippen molar-refractivity contribution in [2.75, 3.05) is 18.0 Å². The van der Waals surface area contributed by atoms with Crippen LogP contribution in [0.25, 0.3) is 11.0 Å². The fraction of sp³-hybridized carbons (Fsp3) is 0.522. The van der Waals surface area contributed by atoms with Crippen LogP contribution in [0.3, 0.4) is 0 Å². The van der Waals surface area contributed by atoms with Gasteiger partial charge in [0, 0.05) is 18.8 Å². The smallest absolute Gasteiger partial charge is 0.262 e. The minimum atomic E-state index is -0.0470. The molecule has 6 heteroatoms. The zero-order valence-electron chi connectivity index (χ0n) is 17.5. The van der Waals surface area contributed by atoms with Gasteiger partial charge in [0.05, 0.1) is 17.7 Å². The van der Waals surface area contributed by atoms with Crippen molar-refractivity contribution in [3.05, 3.63) is 51.2 Å². The Hall–Kier alpha value is -2.63. The summed E-state index contributed by atoms with van der Waals surface area (Å²) in [5.41, 5.74) is 5.39. The van der Waals surface area contributed by atoms with E-state index >= 15 is 0 Å². The predicted molar refractivity (Wildman–Crippen MR) is 116 cm³/mol. The molecule has 0 atom stereocenters. The van der Waals surface area contributed by atoms with Crippen LogP contribution in [0.5, 0.6) is 0 Å². The van der Waals surface area contributed by atoms with Crippen LogP contribution in [-0.4, -0.2) is 32.8 Å². The minimum absolute atomic E-state index is 0.0470. The summed E-state index contributed by atoms with van der Waals surface area (Å²) < 4.78 is 2.04. The van der Waals surface area contributed by atoms with E-state index in [2.05, 4.69) is 41.9 Å². The number of nitrogens with zero attached hydrogens (tertiary/aromatic N) is 4. The van der Waals surface area contributed by atoms with Gasteiger partial charge in [0.1, 0.15) is 11.2 Å². The van der Waals surface area contributed by atoms with E-state index in [4.69, 9.17) is 10.1 Å². The second-order valence-electron chi connectivity index (χ2n) is 8.84. The molecule has 152 valence electrons. The van der Waals surface area contributed by atoms with Gasteiger partial charge >= 0.3 is 0 Å². The first-order chi connectivity index (χ1) is 14.0. The molecule has 2 aromatic heterocycles. The highest BCUT2D eigenvalue weighted by molar-refractivity contribution is 5.77. The average molecular weight is 392 g/mol. The lowest BCUT2D eigenvalue weighted by atomic mass is 9.95. The Labute approximate surface area is 171 Å². The quantitative estimate of drug-likeness (QED) is 0.728. The number of aromatic amines is 1. The van der Waals surface area contributed by atoms with E-state index in [0.717, 1.165) is 43.1 Å². The largest absolute Gasteiger partial charge is 0.370 e. The maximum absolute atomic E-state index is 12.8. The zero-order chi connectivity index (χ0) is 20.1. The lowest BCUT2D eigenvalue weighted by Crippen LogP contribution is -2.46. The average Bonchev–Trinajstić information content (AvgIpc) is 3.01. The number of nitrogens with one attached hydrogen (secondary N) is 1. The number of hydrogen-bond acceptors (Lipinski definition) is 4. The van der Waals surface area contributed by atoms with Crippen LogP contribution in [0.4, 0.5) is 5.69 Å². The number of hydrogen-bond donors (Lipinski definition) is 1. The van der Waals surface area contributed by atoms with Gasteiger partial charge in [-0.05, 0) is 56.9 Å². The number of fused-ring (bicyclic) bond motifs is 1. The second kappa shape index (κ2) is 7.01. The van der Waals surface area contributed by atoms with Crippen molar-refractivity contribution in [2.45, 2.75) is 64.8 Å². The van der Waals surface area contributed by atoms with Crippen LogP contribution in [-0.2, 0) is 0 Å². The first kappa shape index (κ1) is 18.4. The summed E-state index contributed by atoms with van der Waals surface area (Å²) in [5.74, 6) is 1.06. The van der Waals surface area contributed by atoms with E-state index in [1.807, 2.05) is 11.6 Å². The number of anilines is 1. The van der Waals surface area contributed by atoms with Crippen LogP contribution >= 0.6 is 0 Å². The number of H-pyrrole nitrogens is 1. The molecule has 2 aliphatic rings. The fourth-order valence-electron chi connectivity index (χ4n) is 4.79. The summed E-state index contributed by atoms with van der Waals surface area (Å²) in [5, 5.41) is 5.38. The summed E-state index contributed by atoms with van der Waals surface area (Å²) in [4.78, 5) is 23.2. The Balaban J connectivity index is 1.44. The molecular formula is C23H29N5O. The standard InChI is InChI=1S/C23H29N5O/c1-14-9-10-19(11-15(14)2)27-12-17(13-27)21-24-22-20(23(29)25-21)16(3)26-28(22)18-7-5-4-6-8-18/h9-11,17-18H,4-8,12-13H2,1-3H3,(H,24,25,29). The monoisotopic (exact) mass is 391 g/mol. The highest BCUT2D eigenvalue weighted by atomic mass is 16.1. The zero-order valence-corrected chi connectivity index (χ0v) is 17.5. The summed E-state index contributed by atoms with van der Waals surface area (Å²) in [6.45, 7) is 7.97. The van der Waals surface area contributed by atoms with Gasteiger partial charge in [-0.1, -0.05) is 25.3 Å². The number of rotatable bonds is 3. The SMILES string of the molecule is Cc1ccc(N2CC(c3nc4c(c(C)nn4C4CCCCC4)c(=O)[nH]3)C2)cc1C. The van der Waals surface area contributed by atoms with E-state index in [1.54, 1.807) is 0 Å². The Morgan fingerprint density at radius 2 is 1.79 bits per heavy atom. The van der Waals surface area contributed by atoms with Gasteiger partial charge in [0.25, 0.3) is 5.56 Å². The summed E-state index contributed by atoms with van der Waals surface area (Å²) in [7, 11) is 0. The molecule has 3 heterocycles. The van der Waals surface area contributed by atoms with E-state index in [-0.39, 0.29) is 11.5 Å². The van der Waals surface area contributed by atoms with Crippen molar-refractivity contribution in [3.8, 4) is 0 Å². The van der Waals surface area contributed by atoms with E-state index in [1.165, 1.54) is 36.1 Å². The van der Waals surface area contributed by atoms with Gasteiger partial charge < -0.3 is 9.88 Å². The molecular weight excluding hydrogens is 362 g/mol. The van der Waals surface area contributed by atoms with Crippen molar-refractivity contribution in [1.82, 2.24) is 19.7 Å². The van der Waals surface area contributed by atoms with Crippen LogP contribution < -0.4 is 10.5 Å². The third kappa shape index (κ3) is 3.15. The Kier molecular flexibility index (Phi) is 4.45. The molecule has 0 radical (unpaired) electrons. The molecule has 0 unspecified atom stereocenters. The van der Waals surface area contributed by atoms with Crippen LogP contribution in [0.1, 0.15) is 66.7 Å². The molecule has 2 fully saturated rings. The summed E-state index contributed by atoms with van der Waals surface area (Å²) >= 11 is 0. The van der Waals surface area contributed by atoms with Crippen LogP contribution in [0.2, 0.25) is 0 Å². The molecule has 0 bridgehead atoms. The van der Waals surface area contributed by atoms with Crippen LogP contribution in [0.15, 0.2) is 23.0 Å². The highest BCUT2D eigenvalue weighted by Crippen LogP contribution is 2.33. The van der Waals surface area contributed by atoms with Gasteiger partial charge in [-0.25, -0.2) is 9.67 Å². The third-order valence-electron chi connectivity index (χ3n) is 6.80. The van der Waals surface area contributed by atoms with Crippen molar-refractivity contribution >= 4 is 16.7 Å². The molecule has 3 aromatic rings. The molecule has 29 heavy (non-hydrogen) atoms. The van der Waals surface area contributed by atoms with Crippen LogP contribution in [0, 0.1) is 20.8 Å². The van der Waals surface area contributed by atoms with Crippen molar-refractivity contribution < 1.29 is 0 Å². The third-order valence-corrected chi connectivity index (χ3v) is 6.80. The minimum Gasteiger partial charge on any atom is -0.370 e. The van der Waals surface area contributed by atoms with Crippen molar-refractivity contribution in [1.29, 1.82) is 0 Å². The van der Waals surface area contributed by atoms with E-state index in [9.17, 15) is 4.79 Å². The number of aromatic nitrogens is 4. The molecule has 0 amide bonds. The normalized spacial score (nSPS) is 18.4. The lowest BCUT2D eigenvalue weighted by molar-refractivity contribution is 0.334. The molecule has 1 aliphatic heterocycles. The molecule has 1 saturated heterocycles. The van der Waals surface area contributed by atoms with Gasteiger partial charge in [-0.15, -0.1) is 0 Å². The molecule has 0 spiro atoms. The molecule has 1 N–H and O–H groups in total. The molecule has 1 saturated carbocycles. The Morgan fingerprint density at radius 1 is 1.03 bits per heavy atom. The molecule has 6 nitrogen and oxygen atoms in total. The highest BCUT2D eigenvalue weighted by Gasteiger charge is 2.32. The summed E-state index contributed by atoms with van der Waals surface area (Å²) in [6.07, 6.45) is 6.02.